The molecule has 1 fully saturated rings. The molecule has 0 aromatic heterocycles. The zero-order chi connectivity index (χ0) is 19.2. The molecule has 3 rings (SSSR count). The fourth-order valence-corrected chi connectivity index (χ4v) is 3.88. The minimum Gasteiger partial charge on any atom is -0.496 e. The van der Waals surface area contributed by atoms with Gasteiger partial charge in [0, 0.05) is 24.2 Å². The van der Waals surface area contributed by atoms with Crippen molar-refractivity contribution in [2.45, 2.75) is 6.42 Å². The van der Waals surface area contributed by atoms with Gasteiger partial charge in [0.1, 0.15) is 10.1 Å². The zero-order valence-electron chi connectivity index (χ0n) is 14.7. The summed E-state index contributed by atoms with van der Waals surface area (Å²) < 4.78 is 5.77. The Balaban J connectivity index is 1.64. The van der Waals surface area contributed by atoms with E-state index in [0.29, 0.717) is 15.0 Å². The van der Waals surface area contributed by atoms with Crippen molar-refractivity contribution < 1.29 is 14.3 Å². The summed E-state index contributed by atoms with van der Waals surface area (Å²) in [5.41, 5.74) is 1.53. The average Bonchev–Trinajstić information content (AvgIpc) is 2.94. The number of ether oxygens (including phenoxy) is 1. The standard InChI is InChI=1S/C20H18N2O3S2/c1-25-16-10-6-5-7-14(16)13-17-19(24)22(20(26)27-17)12-11-18(23)21-15-8-3-2-4-9-15/h2-10,13H,11-12H2,1H3,(H,21,23)/b17-13-. The summed E-state index contributed by atoms with van der Waals surface area (Å²) in [5, 5.41) is 2.80. The Kier molecular flexibility index (Phi) is 6.26. The largest absolute Gasteiger partial charge is 0.496 e. The number of carbonyl (C=O) groups is 2. The number of thioether (sulfide) groups is 1. The molecule has 27 heavy (non-hydrogen) atoms. The summed E-state index contributed by atoms with van der Waals surface area (Å²) >= 11 is 6.55. The maximum atomic E-state index is 12.7. The molecule has 2 aromatic rings. The highest BCUT2D eigenvalue weighted by molar-refractivity contribution is 8.26. The highest BCUT2D eigenvalue weighted by atomic mass is 32.2. The van der Waals surface area contributed by atoms with E-state index in [2.05, 4.69) is 5.32 Å². The number of rotatable bonds is 6. The van der Waals surface area contributed by atoms with Crippen LogP contribution in [0.3, 0.4) is 0 Å². The number of methoxy groups -OCH3 is 1. The molecule has 1 N–H and O–H groups in total. The lowest BCUT2D eigenvalue weighted by atomic mass is 10.2. The number of nitrogens with one attached hydrogen (secondary N) is 1. The summed E-state index contributed by atoms with van der Waals surface area (Å²) in [6.45, 7) is 0.243. The lowest BCUT2D eigenvalue weighted by Gasteiger charge is -2.14. The van der Waals surface area contributed by atoms with Gasteiger partial charge in [-0.15, -0.1) is 0 Å². The molecule has 0 unspecified atom stereocenters. The van der Waals surface area contributed by atoms with Gasteiger partial charge in [-0.3, -0.25) is 14.5 Å². The molecule has 0 radical (unpaired) electrons. The summed E-state index contributed by atoms with van der Waals surface area (Å²) in [6.07, 6.45) is 1.94. The minimum absolute atomic E-state index is 0.163. The number of carbonyl (C=O) groups excluding carboxylic acids is 2. The first kappa shape index (κ1) is 19.1. The van der Waals surface area contributed by atoms with Gasteiger partial charge in [-0.05, 0) is 24.3 Å². The second-order valence-electron chi connectivity index (χ2n) is 5.74. The van der Waals surface area contributed by atoms with Crippen molar-refractivity contribution in [2.24, 2.45) is 0 Å². The third-order valence-corrected chi connectivity index (χ3v) is 5.30. The highest BCUT2D eigenvalue weighted by Crippen LogP contribution is 2.34. The van der Waals surface area contributed by atoms with Crippen LogP contribution >= 0.6 is 24.0 Å². The first-order chi connectivity index (χ1) is 13.1. The molecular weight excluding hydrogens is 380 g/mol. The zero-order valence-corrected chi connectivity index (χ0v) is 16.3. The average molecular weight is 399 g/mol. The van der Waals surface area contributed by atoms with Gasteiger partial charge in [0.2, 0.25) is 5.91 Å². The summed E-state index contributed by atoms with van der Waals surface area (Å²) in [4.78, 5) is 26.8. The predicted molar refractivity (Wildman–Crippen MR) is 113 cm³/mol. The Morgan fingerprint density at radius 3 is 2.63 bits per heavy atom. The van der Waals surface area contributed by atoms with E-state index in [1.807, 2.05) is 54.6 Å². The molecule has 1 heterocycles. The number of anilines is 1. The fraction of sp³-hybridized carbons (Fsp3) is 0.150. The molecule has 0 spiro atoms. The van der Waals surface area contributed by atoms with Gasteiger partial charge in [0.15, 0.2) is 0 Å². The van der Waals surface area contributed by atoms with Gasteiger partial charge < -0.3 is 10.1 Å². The van der Waals surface area contributed by atoms with E-state index in [1.54, 1.807) is 13.2 Å². The van der Waals surface area contributed by atoms with Crippen LogP contribution in [0.25, 0.3) is 6.08 Å². The van der Waals surface area contributed by atoms with E-state index in [1.165, 1.54) is 16.7 Å². The van der Waals surface area contributed by atoms with Crippen molar-refractivity contribution in [3.63, 3.8) is 0 Å². The Morgan fingerprint density at radius 1 is 1.19 bits per heavy atom. The number of amides is 2. The van der Waals surface area contributed by atoms with Gasteiger partial charge in [-0.25, -0.2) is 0 Å². The van der Waals surface area contributed by atoms with E-state index in [0.717, 1.165) is 11.3 Å². The molecule has 0 saturated carbocycles. The predicted octanol–water partition coefficient (Wildman–Crippen LogP) is 3.93. The van der Waals surface area contributed by atoms with Crippen LogP contribution in [-0.2, 0) is 9.59 Å². The van der Waals surface area contributed by atoms with E-state index in [9.17, 15) is 9.59 Å². The van der Waals surface area contributed by atoms with Crippen LogP contribution in [0.2, 0.25) is 0 Å². The van der Waals surface area contributed by atoms with Crippen molar-refractivity contribution in [3.8, 4) is 5.75 Å². The van der Waals surface area contributed by atoms with Crippen LogP contribution in [0.1, 0.15) is 12.0 Å². The molecule has 5 nitrogen and oxygen atoms in total. The maximum Gasteiger partial charge on any atom is 0.266 e. The number of thiocarbonyl (C=S) groups is 1. The number of para-hydroxylation sites is 2. The number of hydrogen-bond donors (Lipinski definition) is 1. The molecular formula is C20H18N2O3S2. The fourth-order valence-electron chi connectivity index (χ4n) is 2.58. The first-order valence-corrected chi connectivity index (χ1v) is 9.54. The van der Waals surface area contributed by atoms with E-state index >= 15 is 0 Å². The van der Waals surface area contributed by atoms with Crippen LogP contribution < -0.4 is 10.1 Å². The van der Waals surface area contributed by atoms with Gasteiger partial charge >= 0.3 is 0 Å². The summed E-state index contributed by atoms with van der Waals surface area (Å²) in [6, 6.07) is 16.7. The SMILES string of the molecule is COc1ccccc1/C=C1\SC(=S)N(CCC(=O)Nc2ccccc2)C1=O. The van der Waals surface area contributed by atoms with Crippen LogP contribution in [0.15, 0.2) is 59.5 Å². The van der Waals surface area contributed by atoms with E-state index < -0.39 is 0 Å². The minimum atomic E-state index is -0.191. The number of nitrogens with zero attached hydrogens (tertiary/aromatic N) is 1. The van der Waals surface area contributed by atoms with Crippen molar-refractivity contribution >= 4 is 51.9 Å². The van der Waals surface area contributed by atoms with E-state index in [-0.39, 0.29) is 24.8 Å². The third-order valence-electron chi connectivity index (χ3n) is 3.92. The van der Waals surface area contributed by atoms with Crippen LogP contribution in [0.4, 0.5) is 5.69 Å². The van der Waals surface area contributed by atoms with Crippen molar-refractivity contribution in [1.82, 2.24) is 4.90 Å². The molecule has 1 aliphatic heterocycles. The molecule has 0 bridgehead atoms. The van der Waals surface area contributed by atoms with Crippen molar-refractivity contribution in [2.75, 3.05) is 19.0 Å². The lowest BCUT2D eigenvalue weighted by Crippen LogP contribution is -2.31. The van der Waals surface area contributed by atoms with Gasteiger partial charge in [-0.2, -0.15) is 0 Å². The molecule has 0 atom stereocenters. The summed E-state index contributed by atoms with van der Waals surface area (Å²) in [5.74, 6) is 0.331. The lowest BCUT2D eigenvalue weighted by molar-refractivity contribution is -0.122. The maximum absolute atomic E-state index is 12.7. The molecule has 0 aliphatic carbocycles. The number of benzene rings is 2. The first-order valence-electron chi connectivity index (χ1n) is 8.32. The van der Waals surface area contributed by atoms with Crippen molar-refractivity contribution in [1.29, 1.82) is 0 Å². The molecule has 1 aliphatic rings. The Hall–Kier alpha value is -2.64. The topological polar surface area (TPSA) is 58.6 Å². The third kappa shape index (κ3) is 4.75. The Morgan fingerprint density at radius 2 is 1.89 bits per heavy atom. The van der Waals surface area contributed by atoms with Gasteiger partial charge in [0.05, 0.1) is 12.0 Å². The van der Waals surface area contributed by atoms with Gasteiger partial charge in [-0.1, -0.05) is 60.4 Å². The Labute approximate surface area is 167 Å². The number of hydrogen-bond acceptors (Lipinski definition) is 5. The highest BCUT2D eigenvalue weighted by Gasteiger charge is 2.32. The smallest absolute Gasteiger partial charge is 0.266 e. The van der Waals surface area contributed by atoms with Crippen LogP contribution in [-0.4, -0.2) is 34.7 Å². The molecule has 1 saturated heterocycles. The second kappa shape index (κ2) is 8.83. The van der Waals surface area contributed by atoms with Crippen LogP contribution in [0.5, 0.6) is 5.75 Å². The second-order valence-corrected chi connectivity index (χ2v) is 7.42. The molecule has 2 amide bonds. The quantitative estimate of drug-likeness (QED) is 0.590. The van der Waals surface area contributed by atoms with Gasteiger partial charge in [0.25, 0.3) is 5.91 Å². The Bertz CT molecular complexity index is 897. The van der Waals surface area contributed by atoms with E-state index in [4.69, 9.17) is 17.0 Å². The monoisotopic (exact) mass is 398 g/mol. The van der Waals surface area contributed by atoms with Crippen LogP contribution in [0, 0.1) is 0 Å². The molecule has 2 aromatic carbocycles. The molecule has 7 heteroatoms. The normalized spacial score (nSPS) is 15.3. The molecule has 138 valence electrons. The van der Waals surface area contributed by atoms with Crippen molar-refractivity contribution in [3.05, 3.63) is 65.1 Å². The summed E-state index contributed by atoms with van der Waals surface area (Å²) in [7, 11) is 1.59.